The first-order valence-corrected chi connectivity index (χ1v) is 8.04. The highest BCUT2D eigenvalue weighted by Crippen LogP contribution is 2.05. The van der Waals surface area contributed by atoms with E-state index in [1.54, 1.807) is 18.2 Å². The van der Waals surface area contributed by atoms with E-state index in [2.05, 4.69) is 9.71 Å². The van der Waals surface area contributed by atoms with Gasteiger partial charge in [-0.2, -0.15) is 13.1 Å². The molecule has 0 fully saturated rings. The van der Waals surface area contributed by atoms with Gasteiger partial charge in [0.05, 0.1) is 6.54 Å². The molecule has 4 N–H and O–H groups in total. The molecule has 6 heteroatoms. The zero-order valence-electron chi connectivity index (χ0n) is 11.5. The number of rotatable bonds is 5. The van der Waals surface area contributed by atoms with E-state index in [-0.39, 0.29) is 10.9 Å². The molecule has 0 atom stereocenters. The molecule has 0 aliphatic heterocycles. The SMILES string of the molecule is NC(NS(=O)(=O)c1ccccc1)=[NH+]CCc1ccccc1. The predicted molar refractivity (Wildman–Crippen MR) is 81.9 cm³/mol. The summed E-state index contributed by atoms with van der Waals surface area (Å²) in [6, 6.07) is 18.0. The highest BCUT2D eigenvalue weighted by atomic mass is 32.2. The number of hydrogen-bond donors (Lipinski definition) is 3. The molecule has 0 heterocycles. The molecule has 0 saturated carbocycles. The molecule has 2 rings (SSSR count). The molecule has 0 radical (unpaired) electrons. The molecule has 5 nitrogen and oxygen atoms in total. The van der Waals surface area contributed by atoms with Crippen molar-refractivity contribution in [1.82, 2.24) is 4.72 Å². The Kier molecular flexibility index (Phi) is 4.94. The van der Waals surface area contributed by atoms with E-state index in [0.29, 0.717) is 6.54 Å². The summed E-state index contributed by atoms with van der Waals surface area (Å²) in [5, 5.41) is 0. The van der Waals surface area contributed by atoms with Crippen molar-refractivity contribution in [1.29, 1.82) is 0 Å². The molecule has 0 spiro atoms. The lowest BCUT2D eigenvalue weighted by Crippen LogP contribution is -2.79. The number of nitrogens with two attached hydrogens (primary N) is 1. The van der Waals surface area contributed by atoms with Crippen LogP contribution in [0.5, 0.6) is 0 Å². The lowest BCUT2D eigenvalue weighted by molar-refractivity contribution is -0.459. The van der Waals surface area contributed by atoms with Crippen LogP contribution in [0.3, 0.4) is 0 Å². The molecule has 0 aliphatic rings. The van der Waals surface area contributed by atoms with Gasteiger partial charge in [-0.25, -0.2) is 0 Å². The van der Waals surface area contributed by atoms with E-state index in [4.69, 9.17) is 5.73 Å². The van der Waals surface area contributed by atoms with Gasteiger partial charge >= 0.3 is 16.0 Å². The van der Waals surface area contributed by atoms with Crippen LogP contribution in [0.1, 0.15) is 5.56 Å². The quantitative estimate of drug-likeness (QED) is 0.519. The van der Waals surface area contributed by atoms with E-state index >= 15 is 0 Å². The van der Waals surface area contributed by atoms with Crippen LogP contribution in [0, 0.1) is 0 Å². The third kappa shape index (κ3) is 4.61. The van der Waals surface area contributed by atoms with Crippen LogP contribution in [-0.4, -0.2) is 20.9 Å². The van der Waals surface area contributed by atoms with Gasteiger partial charge in [0.25, 0.3) is 0 Å². The van der Waals surface area contributed by atoms with Crippen molar-refractivity contribution in [2.45, 2.75) is 11.3 Å². The molecule has 2 aromatic carbocycles. The molecule has 110 valence electrons. The monoisotopic (exact) mass is 304 g/mol. The molecule has 0 saturated heterocycles. The molecule has 2 aromatic rings. The lowest BCUT2D eigenvalue weighted by Gasteiger charge is -2.02. The van der Waals surface area contributed by atoms with Crippen molar-refractivity contribution in [3.8, 4) is 0 Å². The second-order valence-corrected chi connectivity index (χ2v) is 6.18. The minimum atomic E-state index is -3.63. The normalized spacial score (nSPS) is 12.1. The van der Waals surface area contributed by atoms with Crippen LogP contribution < -0.4 is 15.4 Å². The molecule has 0 bridgehead atoms. The Labute approximate surface area is 124 Å². The Morgan fingerprint density at radius 1 is 1.00 bits per heavy atom. The summed E-state index contributed by atoms with van der Waals surface area (Å²) in [5.41, 5.74) is 6.83. The fourth-order valence-electron chi connectivity index (χ4n) is 1.83. The highest BCUT2D eigenvalue weighted by molar-refractivity contribution is 7.90. The fourth-order valence-corrected chi connectivity index (χ4v) is 2.82. The molecular weight excluding hydrogens is 286 g/mol. The van der Waals surface area contributed by atoms with Gasteiger partial charge < -0.3 is 0 Å². The van der Waals surface area contributed by atoms with Crippen LogP contribution in [0.2, 0.25) is 0 Å². The van der Waals surface area contributed by atoms with Crippen molar-refractivity contribution in [2.75, 3.05) is 6.54 Å². The largest absolute Gasteiger partial charge is 0.356 e. The Balaban J connectivity index is 1.95. The topological polar surface area (TPSA) is 86.2 Å². The molecule has 0 aromatic heterocycles. The minimum Gasteiger partial charge on any atom is -0.290 e. The zero-order chi connectivity index (χ0) is 15.1. The maximum absolute atomic E-state index is 12.0. The van der Waals surface area contributed by atoms with E-state index in [0.717, 1.165) is 12.0 Å². The summed E-state index contributed by atoms with van der Waals surface area (Å²) in [4.78, 5) is 3.04. The van der Waals surface area contributed by atoms with Gasteiger partial charge in [0, 0.05) is 6.42 Å². The summed E-state index contributed by atoms with van der Waals surface area (Å²) in [5.74, 6) is 0.0229. The van der Waals surface area contributed by atoms with Crippen molar-refractivity contribution >= 4 is 16.0 Å². The predicted octanol–water partition coefficient (Wildman–Crippen LogP) is -0.397. The second-order valence-electron chi connectivity index (χ2n) is 4.49. The third-order valence-electron chi connectivity index (χ3n) is 2.87. The number of hydrogen-bond acceptors (Lipinski definition) is 2. The van der Waals surface area contributed by atoms with Gasteiger partial charge in [0.2, 0.25) is 0 Å². The maximum Gasteiger partial charge on any atom is 0.356 e. The first-order chi connectivity index (χ1) is 10.1. The zero-order valence-corrected chi connectivity index (χ0v) is 12.3. The van der Waals surface area contributed by atoms with Crippen molar-refractivity contribution < 1.29 is 13.4 Å². The summed E-state index contributed by atoms with van der Waals surface area (Å²) >= 11 is 0. The van der Waals surface area contributed by atoms with E-state index < -0.39 is 10.0 Å². The number of guanidine groups is 1. The number of benzene rings is 2. The summed E-state index contributed by atoms with van der Waals surface area (Å²) in [6.07, 6.45) is 0.759. The molecule has 0 unspecified atom stereocenters. The van der Waals surface area contributed by atoms with Gasteiger partial charge in [-0.05, 0) is 17.7 Å². The first-order valence-electron chi connectivity index (χ1n) is 6.56. The van der Waals surface area contributed by atoms with Crippen LogP contribution in [0.4, 0.5) is 0 Å². The average Bonchev–Trinajstić information content (AvgIpc) is 2.49. The first kappa shape index (κ1) is 15.1. The van der Waals surface area contributed by atoms with Crippen LogP contribution in [-0.2, 0) is 16.4 Å². The van der Waals surface area contributed by atoms with E-state index in [1.807, 2.05) is 30.3 Å². The van der Waals surface area contributed by atoms with Crippen LogP contribution in [0.25, 0.3) is 0 Å². The van der Waals surface area contributed by atoms with Crippen LogP contribution in [0.15, 0.2) is 65.6 Å². The van der Waals surface area contributed by atoms with Crippen molar-refractivity contribution in [3.63, 3.8) is 0 Å². The molecule has 0 amide bonds. The smallest absolute Gasteiger partial charge is 0.290 e. The Morgan fingerprint density at radius 3 is 2.19 bits per heavy atom. The maximum atomic E-state index is 12.0. The van der Waals surface area contributed by atoms with E-state index in [9.17, 15) is 8.42 Å². The van der Waals surface area contributed by atoms with E-state index in [1.165, 1.54) is 12.1 Å². The second kappa shape index (κ2) is 6.90. The minimum absolute atomic E-state index is 0.0229. The summed E-state index contributed by atoms with van der Waals surface area (Å²) in [6.45, 7) is 0.549. The average molecular weight is 304 g/mol. The summed E-state index contributed by atoms with van der Waals surface area (Å²) in [7, 11) is -3.63. The fraction of sp³-hybridized carbons (Fsp3) is 0.133. The van der Waals surface area contributed by atoms with Gasteiger partial charge in [-0.1, -0.05) is 48.5 Å². The van der Waals surface area contributed by atoms with Crippen molar-refractivity contribution in [3.05, 3.63) is 66.2 Å². The summed E-state index contributed by atoms with van der Waals surface area (Å²) < 4.78 is 26.4. The molecular formula is C15H18N3O2S+. The number of nitrogens with one attached hydrogen (secondary N) is 2. The van der Waals surface area contributed by atoms with Gasteiger partial charge in [-0.15, -0.1) is 0 Å². The lowest BCUT2D eigenvalue weighted by atomic mass is 10.2. The molecule has 21 heavy (non-hydrogen) atoms. The molecule has 0 aliphatic carbocycles. The van der Waals surface area contributed by atoms with Crippen molar-refractivity contribution in [2.24, 2.45) is 5.73 Å². The highest BCUT2D eigenvalue weighted by Gasteiger charge is 2.18. The standard InChI is InChI=1S/C15H17N3O2S/c16-15(17-12-11-13-7-3-1-4-8-13)18-21(19,20)14-9-5-2-6-10-14/h1-10H,11-12H2,(H3,16,17,18)/p+1. The Morgan fingerprint density at radius 2 is 1.57 bits per heavy atom. The Bertz CT molecular complexity index is 698. The third-order valence-corrected chi connectivity index (χ3v) is 4.25. The van der Waals surface area contributed by atoms with Gasteiger partial charge in [0.15, 0.2) is 0 Å². The number of sulfonamides is 1. The van der Waals surface area contributed by atoms with Gasteiger partial charge in [-0.3, -0.25) is 10.7 Å². The van der Waals surface area contributed by atoms with Crippen LogP contribution >= 0.6 is 0 Å². The Hall–Kier alpha value is -2.34. The van der Waals surface area contributed by atoms with Gasteiger partial charge in [0.1, 0.15) is 4.90 Å².